The molecule has 2 unspecified atom stereocenters. The van der Waals surface area contributed by atoms with Crippen LogP contribution in [0.15, 0.2) is 49.1 Å². The van der Waals surface area contributed by atoms with Crippen LogP contribution in [-0.2, 0) is 6.42 Å². The summed E-state index contributed by atoms with van der Waals surface area (Å²) in [6.45, 7) is 3.99. The molecule has 2 aromatic rings. The van der Waals surface area contributed by atoms with Gasteiger partial charge in [0.25, 0.3) is 0 Å². The average molecular weight is 407 g/mol. The molecule has 0 spiro atoms. The predicted molar refractivity (Wildman–Crippen MR) is 108 cm³/mol. The van der Waals surface area contributed by atoms with Gasteiger partial charge in [-0.05, 0) is 35.4 Å². The first-order valence-corrected chi connectivity index (χ1v) is 9.19. The number of hydrogen-bond acceptors (Lipinski definition) is 3. The van der Waals surface area contributed by atoms with Gasteiger partial charge in [-0.1, -0.05) is 41.9 Å². The van der Waals surface area contributed by atoms with Crippen LogP contribution in [0.1, 0.15) is 17.2 Å². The van der Waals surface area contributed by atoms with Crippen molar-refractivity contribution in [3.05, 3.63) is 70.2 Å². The minimum atomic E-state index is -0.756. The van der Waals surface area contributed by atoms with Gasteiger partial charge in [0.2, 0.25) is 0 Å². The standard InChI is InChI=1S/C20H20Cl2N2O3/c1-3-7-27-14-6-4-5-13(10-14)23-20(26)24(2)19-16-8-12(21)9-17(22)15(16)11-18(19)25/h3-6,8-10,18-19,25H,1,7,11H2,2H3,(H,23,26). The lowest BCUT2D eigenvalue weighted by atomic mass is 10.1. The molecular weight excluding hydrogens is 387 g/mol. The number of likely N-dealkylation sites (N-methyl/N-ethyl adjacent to an activating group) is 1. The first-order valence-electron chi connectivity index (χ1n) is 8.44. The number of fused-ring (bicyclic) bond motifs is 1. The van der Waals surface area contributed by atoms with Crippen molar-refractivity contribution < 1.29 is 14.6 Å². The highest BCUT2D eigenvalue weighted by Gasteiger charge is 2.37. The van der Waals surface area contributed by atoms with Gasteiger partial charge in [-0.15, -0.1) is 0 Å². The first kappa shape index (κ1) is 19.5. The van der Waals surface area contributed by atoms with Gasteiger partial charge in [0, 0.05) is 35.3 Å². The summed E-state index contributed by atoms with van der Waals surface area (Å²) >= 11 is 12.4. The molecule has 2 amide bonds. The Morgan fingerprint density at radius 2 is 2.19 bits per heavy atom. The lowest BCUT2D eigenvalue weighted by Gasteiger charge is -2.28. The first-order chi connectivity index (χ1) is 12.9. The largest absolute Gasteiger partial charge is 0.489 e. The van der Waals surface area contributed by atoms with Crippen LogP contribution in [0.25, 0.3) is 0 Å². The van der Waals surface area contributed by atoms with E-state index in [2.05, 4.69) is 11.9 Å². The fourth-order valence-electron chi connectivity index (χ4n) is 3.25. The smallest absolute Gasteiger partial charge is 0.322 e. The van der Waals surface area contributed by atoms with Gasteiger partial charge < -0.3 is 20.1 Å². The third-order valence-electron chi connectivity index (χ3n) is 4.48. The van der Waals surface area contributed by atoms with Crippen LogP contribution < -0.4 is 10.1 Å². The highest BCUT2D eigenvalue weighted by Crippen LogP contribution is 2.41. The molecule has 0 saturated carbocycles. The van der Waals surface area contributed by atoms with E-state index in [0.717, 1.165) is 11.1 Å². The maximum atomic E-state index is 12.7. The van der Waals surface area contributed by atoms with Crippen molar-refractivity contribution >= 4 is 34.9 Å². The molecule has 7 heteroatoms. The van der Waals surface area contributed by atoms with Gasteiger partial charge in [-0.2, -0.15) is 0 Å². The lowest BCUT2D eigenvalue weighted by Crippen LogP contribution is -2.38. The molecule has 1 aliphatic carbocycles. The number of nitrogens with zero attached hydrogens (tertiary/aromatic N) is 1. The molecule has 0 fully saturated rings. The second-order valence-corrected chi connectivity index (χ2v) is 7.18. The van der Waals surface area contributed by atoms with Crippen molar-refractivity contribution in [3.63, 3.8) is 0 Å². The molecule has 0 aliphatic heterocycles. The maximum Gasteiger partial charge on any atom is 0.322 e. The van der Waals surface area contributed by atoms with Crippen molar-refractivity contribution in [3.8, 4) is 5.75 Å². The Balaban J connectivity index is 1.78. The molecular formula is C20H20Cl2N2O3. The van der Waals surface area contributed by atoms with Crippen molar-refractivity contribution in [2.24, 2.45) is 0 Å². The molecule has 2 aromatic carbocycles. The Labute approximate surface area is 168 Å². The fourth-order valence-corrected chi connectivity index (χ4v) is 3.84. The number of carbonyl (C=O) groups is 1. The Morgan fingerprint density at radius 3 is 2.93 bits per heavy atom. The van der Waals surface area contributed by atoms with Crippen LogP contribution in [0.4, 0.5) is 10.5 Å². The second-order valence-electron chi connectivity index (χ2n) is 6.34. The summed E-state index contributed by atoms with van der Waals surface area (Å²) in [5.41, 5.74) is 2.17. The summed E-state index contributed by atoms with van der Waals surface area (Å²) in [5.74, 6) is 0.625. The molecule has 0 aromatic heterocycles. The molecule has 2 N–H and O–H groups in total. The molecule has 27 heavy (non-hydrogen) atoms. The van der Waals surface area contributed by atoms with Crippen molar-refractivity contribution in [2.45, 2.75) is 18.6 Å². The molecule has 0 radical (unpaired) electrons. The van der Waals surface area contributed by atoms with Gasteiger partial charge >= 0.3 is 6.03 Å². The molecule has 5 nitrogen and oxygen atoms in total. The second kappa shape index (κ2) is 8.21. The van der Waals surface area contributed by atoms with Crippen molar-refractivity contribution in [2.75, 3.05) is 19.0 Å². The Kier molecular flexibility index (Phi) is 5.95. The van der Waals surface area contributed by atoms with E-state index in [4.69, 9.17) is 27.9 Å². The van der Waals surface area contributed by atoms with Gasteiger partial charge in [0.05, 0.1) is 12.1 Å². The van der Waals surface area contributed by atoms with Gasteiger partial charge in [0.1, 0.15) is 12.4 Å². The Bertz CT molecular complexity index is 872. The number of hydrogen-bond donors (Lipinski definition) is 2. The van der Waals surface area contributed by atoms with Crippen LogP contribution in [0.5, 0.6) is 5.75 Å². The number of carbonyl (C=O) groups excluding carboxylic acids is 1. The van der Waals surface area contributed by atoms with Crippen LogP contribution in [0.2, 0.25) is 10.0 Å². The zero-order valence-corrected chi connectivity index (χ0v) is 16.3. The molecule has 142 valence electrons. The normalized spacial score (nSPS) is 17.9. The predicted octanol–water partition coefficient (Wildman–Crippen LogP) is 4.68. The minimum Gasteiger partial charge on any atom is -0.489 e. The van der Waals surface area contributed by atoms with E-state index in [1.54, 1.807) is 49.5 Å². The minimum absolute atomic E-state index is 0.358. The van der Waals surface area contributed by atoms with E-state index < -0.39 is 12.1 Å². The quantitative estimate of drug-likeness (QED) is 0.708. The summed E-state index contributed by atoms with van der Waals surface area (Å²) in [4.78, 5) is 14.2. The number of nitrogens with one attached hydrogen (secondary N) is 1. The van der Waals surface area contributed by atoms with Crippen LogP contribution in [0, 0.1) is 0 Å². The van der Waals surface area contributed by atoms with Crippen LogP contribution in [-0.4, -0.2) is 35.8 Å². The number of benzene rings is 2. The van der Waals surface area contributed by atoms with Gasteiger partial charge in [-0.3, -0.25) is 0 Å². The number of urea groups is 1. The number of rotatable bonds is 5. The topological polar surface area (TPSA) is 61.8 Å². The lowest BCUT2D eigenvalue weighted by molar-refractivity contribution is 0.0934. The number of anilines is 1. The number of aliphatic hydroxyl groups excluding tert-OH is 1. The summed E-state index contributed by atoms with van der Waals surface area (Å²) in [7, 11) is 1.63. The molecule has 3 rings (SSSR count). The fraction of sp³-hybridized carbons (Fsp3) is 0.250. The monoisotopic (exact) mass is 406 g/mol. The molecule has 2 atom stereocenters. The third kappa shape index (κ3) is 4.21. The number of aliphatic hydroxyl groups is 1. The Morgan fingerprint density at radius 1 is 1.41 bits per heavy atom. The number of amides is 2. The van der Waals surface area contributed by atoms with Crippen LogP contribution in [0.3, 0.4) is 0 Å². The number of ether oxygens (including phenoxy) is 1. The number of halogens is 2. The average Bonchev–Trinajstić information content (AvgIpc) is 2.96. The zero-order chi connectivity index (χ0) is 19.6. The highest BCUT2D eigenvalue weighted by atomic mass is 35.5. The van der Waals surface area contributed by atoms with E-state index in [9.17, 15) is 9.90 Å². The van der Waals surface area contributed by atoms with E-state index in [-0.39, 0.29) is 6.03 Å². The summed E-state index contributed by atoms with van der Waals surface area (Å²) in [6.07, 6.45) is 1.26. The maximum absolute atomic E-state index is 12.7. The van der Waals surface area contributed by atoms with E-state index >= 15 is 0 Å². The molecule has 0 heterocycles. The summed E-state index contributed by atoms with van der Waals surface area (Å²) < 4.78 is 5.48. The van der Waals surface area contributed by atoms with Gasteiger partial charge in [0.15, 0.2) is 0 Å². The van der Waals surface area contributed by atoms with E-state index in [1.165, 1.54) is 4.90 Å². The summed E-state index contributed by atoms with van der Waals surface area (Å²) in [6, 6.07) is 9.57. The van der Waals surface area contributed by atoms with Gasteiger partial charge in [-0.25, -0.2) is 4.79 Å². The van der Waals surface area contributed by atoms with E-state index in [0.29, 0.717) is 34.5 Å². The summed E-state index contributed by atoms with van der Waals surface area (Å²) in [5, 5.41) is 14.3. The zero-order valence-electron chi connectivity index (χ0n) is 14.8. The third-order valence-corrected chi connectivity index (χ3v) is 5.04. The van der Waals surface area contributed by atoms with E-state index in [1.807, 2.05) is 0 Å². The molecule has 0 saturated heterocycles. The van der Waals surface area contributed by atoms with Crippen molar-refractivity contribution in [1.29, 1.82) is 0 Å². The Hall–Kier alpha value is -2.21. The van der Waals surface area contributed by atoms with Crippen LogP contribution >= 0.6 is 23.2 Å². The van der Waals surface area contributed by atoms with Crippen molar-refractivity contribution in [1.82, 2.24) is 4.90 Å². The molecule has 0 bridgehead atoms. The highest BCUT2D eigenvalue weighted by molar-refractivity contribution is 6.35. The molecule has 1 aliphatic rings. The SMILES string of the molecule is C=CCOc1cccc(NC(=O)N(C)C2c3cc(Cl)cc(Cl)c3CC2O)c1.